The molecule has 1 saturated heterocycles. The van der Waals surface area contributed by atoms with E-state index >= 15 is 0 Å². The zero-order valence-electron chi connectivity index (χ0n) is 23.1. The summed E-state index contributed by atoms with van der Waals surface area (Å²) in [5.74, 6) is -2.67. The lowest BCUT2D eigenvalue weighted by Gasteiger charge is -2.45. The Morgan fingerprint density at radius 2 is 1.90 bits per heavy atom. The van der Waals surface area contributed by atoms with Crippen molar-refractivity contribution in [3.63, 3.8) is 0 Å². The fourth-order valence-corrected chi connectivity index (χ4v) is 6.06. The average molecular weight is 583 g/mol. The largest absolute Gasteiger partial charge is 0.483 e. The third-order valence-electron chi connectivity index (χ3n) is 7.43. The van der Waals surface area contributed by atoms with Gasteiger partial charge in [-0.3, -0.25) is 19.3 Å². The molecule has 0 aliphatic carbocycles. The molecule has 0 saturated carbocycles. The lowest BCUT2D eigenvalue weighted by molar-refractivity contribution is 0.0334. The van der Waals surface area contributed by atoms with Crippen LogP contribution >= 0.6 is 12.6 Å². The van der Waals surface area contributed by atoms with Crippen molar-refractivity contribution in [2.24, 2.45) is 5.92 Å². The van der Waals surface area contributed by atoms with Gasteiger partial charge in [-0.15, -0.1) is 12.6 Å². The molecule has 1 N–H and O–H groups in total. The van der Waals surface area contributed by atoms with E-state index in [-0.39, 0.29) is 48.3 Å². The van der Waals surface area contributed by atoms with Gasteiger partial charge in [-0.2, -0.15) is 0 Å². The summed E-state index contributed by atoms with van der Waals surface area (Å²) in [7, 11) is 0. The molecule has 3 aromatic rings. The van der Waals surface area contributed by atoms with Gasteiger partial charge in [0, 0.05) is 43.5 Å². The highest BCUT2D eigenvalue weighted by atomic mass is 32.1. The van der Waals surface area contributed by atoms with Crippen LogP contribution in [0.4, 0.5) is 8.78 Å². The van der Waals surface area contributed by atoms with Gasteiger partial charge >= 0.3 is 0 Å². The molecule has 8 nitrogen and oxygen atoms in total. The molecule has 41 heavy (non-hydrogen) atoms. The van der Waals surface area contributed by atoms with Crippen LogP contribution in [-0.4, -0.2) is 50.3 Å². The molecule has 216 valence electrons. The highest BCUT2D eigenvalue weighted by molar-refractivity contribution is 7.81. The average Bonchev–Trinajstić information content (AvgIpc) is 3.17. The Kier molecular flexibility index (Phi) is 7.93. The second-order valence-corrected chi connectivity index (χ2v) is 11.7. The molecule has 5 rings (SSSR count). The Labute approximate surface area is 242 Å². The Morgan fingerprint density at radius 3 is 2.59 bits per heavy atom. The molecule has 2 aliphatic rings. The maximum Gasteiger partial charge on any atom is 0.276 e. The van der Waals surface area contributed by atoms with E-state index in [1.165, 1.54) is 12.3 Å². The summed E-state index contributed by atoms with van der Waals surface area (Å²) < 4.78 is 35.0. The fraction of sp³-hybridized carbons (Fsp3) is 0.367. The van der Waals surface area contributed by atoms with E-state index in [1.807, 2.05) is 37.3 Å². The minimum Gasteiger partial charge on any atom is -0.483 e. The van der Waals surface area contributed by atoms with Crippen LogP contribution in [0, 0.1) is 17.6 Å². The summed E-state index contributed by atoms with van der Waals surface area (Å²) in [6, 6.07) is 12.2. The maximum atomic E-state index is 14.2. The van der Waals surface area contributed by atoms with Crippen molar-refractivity contribution < 1.29 is 23.1 Å². The summed E-state index contributed by atoms with van der Waals surface area (Å²) >= 11 is 5.00. The standard InChI is InChI=1S/C30H32F2N4O4S/c1-18(2)13-35-19(3)14-36-29(39)25-27(40-16-20-7-5-4-6-8-20)26(37)23(15-34(25)17-30(35,36)41)28(38)33-12-21-9-10-22(31)11-24(21)32/h4-11,15,18-19,41H,12-14,16-17H2,1-3H3,(H,33,38)/t19-,30?/m0/s1. The quantitative estimate of drug-likeness (QED) is 0.392. The number of carbonyl (C=O) groups is 2. The zero-order chi connectivity index (χ0) is 29.5. The fourth-order valence-electron chi connectivity index (χ4n) is 5.46. The Bertz CT molecular complexity index is 1550. The first-order valence-electron chi connectivity index (χ1n) is 13.5. The first-order valence-corrected chi connectivity index (χ1v) is 13.9. The molecule has 1 fully saturated rings. The first-order chi connectivity index (χ1) is 19.5. The lowest BCUT2D eigenvalue weighted by atomic mass is 10.1. The van der Waals surface area contributed by atoms with Gasteiger partial charge in [0.05, 0.1) is 6.54 Å². The van der Waals surface area contributed by atoms with Crippen molar-refractivity contribution >= 4 is 24.4 Å². The molecule has 0 spiro atoms. The van der Waals surface area contributed by atoms with Gasteiger partial charge < -0.3 is 19.5 Å². The van der Waals surface area contributed by atoms with E-state index in [0.29, 0.717) is 19.0 Å². The third-order valence-corrected chi connectivity index (χ3v) is 8.07. The molecule has 11 heteroatoms. The van der Waals surface area contributed by atoms with Gasteiger partial charge in [0.2, 0.25) is 5.43 Å². The minimum atomic E-state index is -0.982. The molecule has 1 unspecified atom stereocenters. The van der Waals surface area contributed by atoms with Gasteiger partial charge in [-0.05, 0) is 24.5 Å². The van der Waals surface area contributed by atoms with E-state index in [0.717, 1.165) is 17.7 Å². The van der Waals surface area contributed by atoms with E-state index < -0.39 is 33.9 Å². The van der Waals surface area contributed by atoms with E-state index in [2.05, 4.69) is 24.1 Å². The van der Waals surface area contributed by atoms with Crippen LogP contribution in [0.3, 0.4) is 0 Å². The monoisotopic (exact) mass is 582 g/mol. The first kappa shape index (κ1) is 28.8. The van der Waals surface area contributed by atoms with Crippen LogP contribution < -0.4 is 15.5 Å². The van der Waals surface area contributed by atoms with Crippen LogP contribution in [0.5, 0.6) is 5.75 Å². The van der Waals surface area contributed by atoms with Crippen molar-refractivity contribution in [3.05, 3.63) is 99.0 Å². The highest BCUT2D eigenvalue weighted by Gasteiger charge is 2.54. The SMILES string of the molecule is CC(C)CN1[C@@H](C)CN2C(=O)c3c(OCc4ccccc4)c(=O)c(C(=O)NCc4ccc(F)cc4F)cn3CC21S. The number of amides is 2. The molecule has 2 aliphatic heterocycles. The number of halogens is 2. The summed E-state index contributed by atoms with van der Waals surface area (Å²) in [6.07, 6.45) is 1.34. The number of hydrogen-bond donors (Lipinski definition) is 2. The van der Waals surface area contributed by atoms with Gasteiger partial charge in [0.25, 0.3) is 11.8 Å². The van der Waals surface area contributed by atoms with E-state index in [1.54, 1.807) is 9.47 Å². The maximum absolute atomic E-state index is 14.2. The molecular formula is C30H32F2N4O4S. The van der Waals surface area contributed by atoms with Gasteiger partial charge in [0.1, 0.15) is 23.8 Å². The summed E-state index contributed by atoms with van der Waals surface area (Å²) in [6.45, 7) is 7.24. The summed E-state index contributed by atoms with van der Waals surface area (Å²) in [5, 5.41) is 2.54. The predicted molar refractivity (Wildman–Crippen MR) is 153 cm³/mol. The highest BCUT2D eigenvalue weighted by Crippen LogP contribution is 2.42. The van der Waals surface area contributed by atoms with Crippen molar-refractivity contribution in [3.8, 4) is 5.75 Å². The van der Waals surface area contributed by atoms with Crippen LogP contribution in [0.2, 0.25) is 0 Å². The molecule has 1 aromatic heterocycles. The van der Waals surface area contributed by atoms with Crippen LogP contribution in [0.25, 0.3) is 0 Å². The van der Waals surface area contributed by atoms with Crippen LogP contribution in [-0.2, 0) is 19.7 Å². The van der Waals surface area contributed by atoms with Crippen molar-refractivity contribution in [1.29, 1.82) is 0 Å². The number of ether oxygens (including phenoxy) is 1. The minimum absolute atomic E-state index is 0.00409. The topological polar surface area (TPSA) is 83.9 Å². The van der Waals surface area contributed by atoms with Crippen molar-refractivity contribution in [2.45, 2.75) is 51.5 Å². The van der Waals surface area contributed by atoms with Gasteiger partial charge in [-0.1, -0.05) is 50.2 Å². The van der Waals surface area contributed by atoms with Crippen molar-refractivity contribution in [2.75, 3.05) is 13.1 Å². The number of nitrogens with zero attached hydrogens (tertiary/aromatic N) is 3. The second-order valence-electron chi connectivity index (χ2n) is 11.0. The predicted octanol–water partition coefficient (Wildman–Crippen LogP) is 4.04. The van der Waals surface area contributed by atoms with Gasteiger partial charge in [-0.25, -0.2) is 8.78 Å². The number of benzene rings is 2. The zero-order valence-corrected chi connectivity index (χ0v) is 24.0. The molecule has 3 heterocycles. The van der Waals surface area contributed by atoms with Crippen molar-refractivity contribution in [1.82, 2.24) is 19.7 Å². The summed E-state index contributed by atoms with van der Waals surface area (Å²) in [4.78, 5) is 43.8. The molecule has 2 amide bonds. The number of fused-ring (bicyclic) bond motifs is 2. The Hall–Kier alpha value is -3.70. The number of nitrogens with one attached hydrogen (secondary N) is 1. The number of thiol groups is 1. The molecule has 2 atom stereocenters. The smallest absolute Gasteiger partial charge is 0.276 e. The van der Waals surface area contributed by atoms with E-state index in [4.69, 9.17) is 17.4 Å². The Morgan fingerprint density at radius 1 is 1.17 bits per heavy atom. The molecular weight excluding hydrogens is 550 g/mol. The number of carbonyl (C=O) groups excluding carboxylic acids is 2. The second kappa shape index (κ2) is 11.3. The number of hydrogen-bond acceptors (Lipinski definition) is 6. The molecule has 0 radical (unpaired) electrons. The normalized spacial score (nSPS) is 20.2. The van der Waals surface area contributed by atoms with E-state index in [9.17, 15) is 23.2 Å². The van der Waals surface area contributed by atoms with Crippen LogP contribution in [0.15, 0.2) is 59.5 Å². The summed E-state index contributed by atoms with van der Waals surface area (Å²) in [5.41, 5.74) is -0.135. The number of pyridine rings is 1. The third kappa shape index (κ3) is 5.48. The molecule has 0 bridgehead atoms. The van der Waals surface area contributed by atoms with Crippen LogP contribution in [0.1, 0.15) is 52.7 Å². The Balaban J connectivity index is 1.54. The number of aromatic nitrogens is 1. The lowest BCUT2D eigenvalue weighted by Crippen LogP contribution is -2.59. The molecule has 2 aromatic carbocycles. The number of rotatable bonds is 8. The van der Waals surface area contributed by atoms with Gasteiger partial charge in [0.15, 0.2) is 16.4 Å².